The SMILES string of the molecule is CC(C)Oc1cc(F)ccc1C1(O)CCNCC1. The zero-order chi connectivity index (χ0) is 13.2. The third-order valence-corrected chi connectivity index (χ3v) is 3.24. The van der Waals surface area contributed by atoms with Gasteiger partial charge in [-0.05, 0) is 51.9 Å². The molecule has 18 heavy (non-hydrogen) atoms. The highest BCUT2D eigenvalue weighted by molar-refractivity contribution is 5.39. The largest absolute Gasteiger partial charge is 0.491 e. The minimum absolute atomic E-state index is 0.0455. The molecule has 0 amide bonds. The van der Waals surface area contributed by atoms with Gasteiger partial charge < -0.3 is 15.2 Å². The summed E-state index contributed by atoms with van der Waals surface area (Å²) in [6, 6.07) is 4.37. The average molecular weight is 253 g/mol. The number of piperidine rings is 1. The van der Waals surface area contributed by atoms with Crippen molar-refractivity contribution < 1.29 is 14.2 Å². The lowest BCUT2D eigenvalue weighted by atomic mass is 9.84. The number of benzene rings is 1. The molecule has 1 aliphatic heterocycles. The van der Waals surface area contributed by atoms with Crippen LogP contribution in [0.1, 0.15) is 32.3 Å². The first-order chi connectivity index (χ1) is 8.51. The van der Waals surface area contributed by atoms with E-state index in [9.17, 15) is 9.50 Å². The van der Waals surface area contributed by atoms with E-state index in [1.165, 1.54) is 12.1 Å². The fourth-order valence-electron chi connectivity index (χ4n) is 2.34. The van der Waals surface area contributed by atoms with E-state index in [0.29, 0.717) is 24.2 Å². The molecule has 1 heterocycles. The molecule has 0 aliphatic carbocycles. The molecule has 2 rings (SSSR count). The van der Waals surface area contributed by atoms with E-state index >= 15 is 0 Å². The molecule has 1 aromatic rings. The average Bonchev–Trinajstić information content (AvgIpc) is 2.28. The van der Waals surface area contributed by atoms with Crippen LogP contribution in [0, 0.1) is 5.82 Å². The first kappa shape index (κ1) is 13.3. The first-order valence-corrected chi connectivity index (χ1v) is 6.41. The molecule has 1 saturated heterocycles. The third kappa shape index (κ3) is 2.82. The van der Waals surface area contributed by atoms with Gasteiger partial charge >= 0.3 is 0 Å². The van der Waals surface area contributed by atoms with Gasteiger partial charge in [-0.3, -0.25) is 0 Å². The molecule has 0 aromatic heterocycles. The summed E-state index contributed by atoms with van der Waals surface area (Å²) in [6.07, 6.45) is 1.19. The zero-order valence-electron chi connectivity index (χ0n) is 10.9. The van der Waals surface area contributed by atoms with Crippen LogP contribution in [-0.2, 0) is 5.60 Å². The second-order valence-electron chi connectivity index (χ2n) is 5.09. The van der Waals surface area contributed by atoms with Crippen molar-refractivity contribution in [1.82, 2.24) is 5.32 Å². The van der Waals surface area contributed by atoms with Gasteiger partial charge in [0.15, 0.2) is 0 Å². The summed E-state index contributed by atoms with van der Waals surface area (Å²) < 4.78 is 18.9. The molecule has 0 radical (unpaired) electrons. The second kappa shape index (κ2) is 5.24. The number of hydrogen-bond acceptors (Lipinski definition) is 3. The van der Waals surface area contributed by atoms with Crippen LogP contribution in [0.15, 0.2) is 18.2 Å². The lowest BCUT2D eigenvalue weighted by molar-refractivity contribution is 0.00267. The maximum Gasteiger partial charge on any atom is 0.128 e. The van der Waals surface area contributed by atoms with E-state index in [4.69, 9.17) is 4.74 Å². The molecule has 0 bridgehead atoms. The Hall–Kier alpha value is -1.13. The molecule has 0 saturated carbocycles. The van der Waals surface area contributed by atoms with Crippen molar-refractivity contribution >= 4 is 0 Å². The molecule has 4 heteroatoms. The predicted octanol–water partition coefficient (Wildman–Crippen LogP) is 2.18. The fraction of sp³-hybridized carbons (Fsp3) is 0.571. The molecule has 0 unspecified atom stereocenters. The van der Waals surface area contributed by atoms with Gasteiger partial charge in [0.1, 0.15) is 11.6 Å². The Morgan fingerprint density at radius 3 is 2.61 bits per heavy atom. The minimum atomic E-state index is -0.914. The Balaban J connectivity index is 2.35. The monoisotopic (exact) mass is 253 g/mol. The third-order valence-electron chi connectivity index (χ3n) is 3.24. The molecule has 100 valence electrons. The van der Waals surface area contributed by atoms with Gasteiger partial charge in [0.05, 0.1) is 11.7 Å². The van der Waals surface area contributed by atoms with Gasteiger partial charge in [0.2, 0.25) is 0 Å². The van der Waals surface area contributed by atoms with Crippen molar-refractivity contribution in [3.8, 4) is 5.75 Å². The quantitative estimate of drug-likeness (QED) is 0.867. The van der Waals surface area contributed by atoms with Gasteiger partial charge in [0, 0.05) is 11.6 Å². The summed E-state index contributed by atoms with van der Waals surface area (Å²) in [4.78, 5) is 0. The van der Waals surface area contributed by atoms with Crippen molar-refractivity contribution in [1.29, 1.82) is 0 Å². The van der Waals surface area contributed by atoms with Crippen LogP contribution in [0.3, 0.4) is 0 Å². The van der Waals surface area contributed by atoms with Crippen molar-refractivity contribution in [2.45, 2.75) is 38.4 Å². The molecule has 1 aromatic carbocycles. The Labute approximate surface area is 107 Å². The van der Waals surface area contributed by atoms with Crippen LogP contribution < -0.4 is 10.1 Å². The molecule has 3 nitrogen and oxygen atoms in total. The van der Waals surface area contributed by atoms with Crippen molar-refractivity contribution in [2.75, 3.05) is 13.1 Å². The number of nitrogens with one attached hydrogen (secondary N) is 1. The van der Waals surface area contributed by atoms with Crippen LogP contribution in [0.25, 0.3) is 0 Å². The molecule has 1 fully saturated rings. The highest BCUT2D eigenvalue weighted by Crippen LogP contribution is 2.37. The number of ether oxygens (including phenoxy) is 1. The first-order valence-electron chi connectivity index (χ1n) is 6.41. The topological polar surface area (TPSA) is 41.5 Å². The van der Waals surface area contributed by atoms with Gasteiger partial charge in [-0.25, -0.2) is 4.39 Å². The maximum absolute atomic E-state index is 13.3. The highest BCUT2D eigenvalue weighted by atomic mass is 19.1. The van der Waals surface area contributed by atoms with Gasteiger partial charge in [-0.15, -0.1) is 0 Å². The van der Waals surface area contributed by atoms with Crippen LogP contribution in [-0.4, -0.2) is 24.3 Å². The van der Waals surface area contributed by atoms with Crippen molar-refractivity contribution in [2.24, 2.45) is 0 Å². The number of hydrogen-bond donors (Lipinski definition) is 2. The molecule has 2 N–H and O–H groups in total. The summed E-state index contributed by atoms with van der Waals surface area (Å²) in [5.74, 6) is 0.112. The Kier molecular flexibility index (Phi) is 3.88. The lowest BCUT2D eigenvalue weighted by Crippen LogP contribution is -2.40. The molecule has 1 aliphatic rings. The Bertz CT molecular complexity index is 414. The maximum atomic E-state index is 13.3. The van der Waals surface area contributed by atoms with Gasteiger partial charge in [-0.2, -0.15) is 0 Å². The number of rotatable bonds is 3. The van der Waals surface area contributed by atoms with Gasteiger partial charge in [0.25, 0.3) is 0 Å². The summed E-state index contributed by atoms with van der Waals surface area (Å²) in [7, 11) is 0. The second-order valence-corrected chi connectivity index (χ2v) is 5.09. The molecule has 0 atom stereocenters. The van der Waals surface area contributed by atoms with E-state index in [1.54, 1.807) is 6.07 Å². The molecular weight excluding hydrogens is 233 g/mol. The van der Waals surface area contributed by atoms with E-state index in [-0.39, 0.29) is 11.9 Å². The van der Waals surface area contributed by atoms with Gasteiger partial charge in [-0.1, -0.05) is 0 Å². The number of halogens is 1. The van der Waals surface area contributed by atoms with E-state index in [1.807, 2.05) is 13.8 Å². The fourth-order valence-corrected chi connectivity index (χ4v) is 2.34. The van der Waals surface area contributed by atoms with Crippen LogP contribution >= 0.6 is 0 Å². The molecular formula is C14H20FNO2. The zero-order valence-corrected chi connectivity index (χ0v) is 10.9. The Morgan fingerprint density at radius 1 is 1.33 bits per heavy atom. The molecule has 0 spiro atoms. The normalized spacial score (nSPS) is 18.9. The van der Waals surface area contributed by atoms with Crippen molar-refractivity contribution in [3.05, 3.63) is 29.6 Å². The lowest BCUT2D eigenvalue weighted by Gasteiger charge is -2.34. The van der Waals surface area contributed by atoms with E-state index in [2.05, 4.69) is 5.32 Å². The standard InChI is InChI=1S/C14H20FNO2/c1-10(2)18-13-9-11(15)3-4-12(13)14(17)5-7-16-8-6-14/h3-4,9-10,16-17H,5-8H2,1-2H3. The van der Waals surface area contributed by atoms with E-state index in [0.717, 1.165) is 13.1 Å². The predicted molar refractivity (Wildman–Crippen MR) is 68.2 cm³/mol. The minimum Gasteiger partial charge on any atom is -0.491 e. The van der Waals surface area contributed by atoms with E-state index < -0.39 is 5.60 Å². The smallest absolute Gasteiger partial charge is 0.128 e. The highest BCUT2D eigenvalue weighted by Gasteiger charge is 2.34. The summed E-state index contributed by atoms with van der Waals surface area (Å²) >= 11 is 0. The Morgan fingerprint density at radius 2 is 2.00 bits per heavy atom. The van der Waals surface area contributed by atoms with Crippen LogP contribution in [0.4, 0.5) is 4.39 Å². The summed E-state index contributed by atoms with van der Waals surface area (Å²) in [6.45, 7) is 5.30. The summed E-state index contributed by atoms with van der Waals surface area (Å²) in [5.41, 5.74) is -0.220. The van der Waals surface area contributed by atoms with Crippen LogP contribution in [0.2, 0.25) is 0 Å². The number of aliphatic hydroxyl groups is 1. The van der Waals surface area contributed by atoms with Crippen molar-refractivity contribution in [3.63, 3.8) is 0 Å². The van der Waals surface area contributed by atoms with Crippen LogP contribution in [0.5, 0.6) is 5.75 Å². The summed E-state index contributed by atoms with van der Waals surface area (Å²) in [5, 5.41) is 13.9.